The van der Waals surface area contributed by atoms with E-state index < -0.39 is 41.7 Å². The number of rotatable bonds is 5. The molecule has 0 saturated carbocycles. The summed E-state index contributed by atoms with van der Waals surface area (Å²) in [5.41, 5.74) is -1.49. The number of nitriles is 1. The maximum absolute atomic E-state index is 12.9. The van der Waals surface area contributed by atoms with E-state index in [1.54, 1.807) is 6.07 Å². The van der Waals surface area contributed by atoms with Crippen LogP contribution in [0.4, 0.5) is 19.0 Å². The van der Waals surface area contributed by atoms with Crippen molar-refractivity contribution in [2.24, 2.45) is 7.05 Å². The van der Waals surface area contributed by atoms with Crippen LogP contribution in [-0.2, 0) is 24.6 Å². The Morgan fingerprint density at radius 3 is 2.45 bits per heavy atom. The van der Waals surface area contributed by atoms with Crippen molar-refractivity contribution in [2.45, 2.75) is 18.8 Å². The third-order valence-corrected chi connectivity index (χ3v) is 5.01. The number of nitrogens with one attached hydrogen (secondary N) is 1. The molecule has 0 bridgehead atoms. The topological polar surface area (TPSA) is 166 Å². The fraction of sp³-hybridized carbons (Fsp3) is 0.190. The van der Waals surface area contributed by atoms with Gasteiger partial charge in [-0.25, -0.2) is 29.3 Å². The molecule has 0 fully saturated rings. The van der Waals surface area contributed by atoms with E-state index in [2.05, 4.69) is 37.2 Å². The number of carbonyl (C=O) groups excluding carboxylic acids is 1. The number of hydrogen-bond acceptors (Lipinski definition) is 9. The van der Waals surface area contributed by atoms with Gasteiger partial charge in [-0.1, -0.05) is 0 Å². The van der Waals surface area contributed by atoms with Crippen LogP contribution in [0.1, 0.15) is 11.9 Å². The van der Waals surface area contributed by atoms with Crippen molar-refractivity contribution in [1.29, 1.82) is 5.26 Å². The predicted molar refractivity (Wildman–Crippen MR) is 122 cm³/mol. The average molecular weight is 683 g/mol. The maximum atomic E-state index is 12.9. The van der Waals surface area contributed by atoms with Gasteiger partial charge in [-0.2, -0.15) is 18.4 Å². The van der Waals surface area contributed by atoms with Crippen LogP contribution in [0.25, 0.3) is 22.4 Å². The number of carbonyl (C=O) groups is 1. The van der Waals surface area contributed by atoms with E-state index in [-0.39, 0.29) is 72.5 Å². The molecule has 4 aromatic heterocycles. The molecule has 1 radical (unpaired) electrons. The average Bonchev–Trinajstić information content (AvgIpc) is 3.30. The molecule has 0 aliphatic rings. The van der Waals surface area contributed by atoms with Crippen LogP contribution in [0.15, 0.2) is 40.7 Å². The Bertz CT molecular complexity index is 1640. The van der Waals surface area contributed by atoms with Crippen molar-refractivity contribution in [3.05, 3.63) is 72.1 Å². The Balaban J connectivity index is 0.00000253. The number of fused-ring (bicyclic) bond motifs is 1. The van der Waals surface area contributed by atoms with Crippen LogP contribution < -0.4 is 16.6 Å². The Kier molecular flexibility index (Phi) is 9.46. The van der Waals surface area contributed by atoms with E-state index in [0.717, 1.165) is 27.9 Å². The van der Waals surface area contributed by atoms with Crippen molar-refractivity contribution in [2.75, 3.05) is 5.32 Å². The van der Waals surface area contributed by atoms with Gasteiger partial charge < -0.3 is 24.2 Å². The van der Waals surface area contributed by atoms with E-state index in [9.17, 15) is 27.6 Å². The van der Waals surface area contributed by atoms with Gasteiger partial charge in [0, 0.05) is 61.9 Å². The van der Waals surface area contributed by atoms with Gasteiger partial charge >= 0.3 is 11.9 Å². The maximum Gasteiger partial charge on any atom is 0.451 e. The largest absolute Gasteiger partial charge is 0.451 e. The third-order valence-electron chi connectivity index (χ3n) is 5.01. The van der Waals surface area contributed by atoms with Gasteiger partial charge in [0.25, 0.3) is 5.56 Å². The molecule has 4 heterocycles. The number of aromatic nitrogens is 8. The van der Waals surface area contributed by atoms with E-state index in [1.807, 2.05) is 0 Å². The monoisotopic (exact) mass is 683 g/mol. The van der Waals surface area contributed by atoms with Gasteiger partial charge in [0.05, 0.1) is 30.5 Å². The Labute approximate surface area is 241 Å². The summed E-state index contributed by atoms with van der Waals surface area (Å²) in [6, 6.07) is 0.460. The smallest absolute Gasteiger partial charge is 0.358 e. The Morgan fingerprint density at radius 2 is 1.84 bits per heavy atom. The zero-order valence-corrected chi connectivity index (χ0v) is 21.3. The van der Waals surface area contributed by atoms with Gasteiger partial charge in [0.2, 0.25) is 11.7 Å². The summed E-state index contributed by atoms with van der Waals surface area (Å²) < 4.78 is 41.0. The van der Waals surface area contributed by atoms with Gasteiger partial charge in [-0.3, -0.25) is 19.1 Å². The molecule has 1 unspecified atom stereocenters. The second kappa shape index (κ2) is 11.8. The molecule has 1 N–H and O–H groups in total. The van der Waals surface area contributed by atoms with Crippen molar-refractivity contribution < 1.29 is 54.8 Å². The summed E-state index contributed by atoms with van der Waals surface area (Å²) in [5, 5.41) is 11.4. The minimum atomic E-state index is -4.70. The summed E-state index contributed by atoms with van der Waals surface area (Å²) in [7, 11) is 1.36. The van der Waals surface area contributed by atoms with Crippen LogP contribution >= 0.6 is 0 Å². The quantitative estimate of drug-likeness (QED) is 0.304. The molecular formula is C21H17F3N10O3Tm-2. The van der Waals surface area contributed by atoms with Crippen LogP contribution in [0.5, 0.6) is 0 Å². The SMILES string of the molecule is [CH2-]C(C(=O)Nc1cncc(-c2cnc(C(F)(F)F)nc2)n1)n1cnc2c1c(=O)n(CC#N)c(=O)n2C.[CH3-].[Tm]. The molecule has 0 saturated heterocycles. The zero-order valence-electron chi connectivity index (χ0n) is 19.5. The number of amides is 1. The first kappa shape index (κ1) is 30.5. The molecule has 205 valence electrons. The summed E-state index contributed by atoms with van der Waals surface area (Å²) in [6.45, 7) is 3.24. The van der Waals surface area contributed by atoms with Crippen LogP contribution in [0.3, 0.4) is 0 Å². The number of hydrogen-bond donors (Lipinski definition) is 1. The van der Waals surface area contributed by atoms with E-state index in [0.29, 0.717) is 4.57 Å². The standard InChI is InChI=1S/C20H14F3N10O3.CH3.Tm/c1-10(33-9-28-15-14(33)17(35)32(4-3-24)19(36)31(15)2)16(34)30-13-8-25-7-12(29-13)11-5-26-18(27-6-11)20(21,22)23;;/h5-10H,1,4H2,2H3,(H,29,30,34);1H3;/q2*-1;. The van der Waals surface area contributed by atoms with Crippen LogP contribution in [0.2, 0.25) is 0 Å². The molecule has 0 aromatic carbocycles. The van der Waals surface area contributed by atoms with Crippen LogP contribution in [-0.4, -0.2) is 44.5 Å². The minimum Gasteiger partial charge on any atom is -0.358 e. The number of imidazole rings is 1. The third kappa shape index (κ3) is 5.73. The first-order chi connectivity index (χ1) is 17.0. The number of alkyl halides is 3. The summed E-state index contributed by atoms with van der Waals surface area (Å²) in [4.78, 5) is 56.6. The van der Waals surface area contributed by atoms with E-state index in [4.69, 9.17) is 5.26 Å². The molecule has 1 amide bonds. The minimum absolute atomic E-state index is 0. The fourth-order valence-corrected chi connectivity index (χ4v) is 3.24. The number of halogens is 3. The fourth-order valence-electron chi connectivity index (χ4n) is 3.24. The Hall–Kier alpha value is -3.71. The van der Waals surface area contributed by atoms with Crippen molar-refractivity contribution in [3.8, 4) is 17.3 Å². The first-order valence-corrected chi connectivity index (χ1v) is 9.92. The normalized spacial score (nSPS) is 11.7. The summed E-state index contributed by atoms with van der Waals surface area (Å²) in [5.74, 6) is -2.13. The summed E-state index contributed by atoms with van der Waals surface area (Å²) >= 11 is 0. The predicted octanol–water partition coefficient (Wildman–Crippen LogP) is 1.15. The molecule has 17 heteroatoms. The molecule has 13 nitrogen and oxygen atoms in total. The second-order valence-electron chi connectivity index (χ2n) is 7.30. The molecule has 4 rings (SSSR count). The number of nitrogens with zero attached hydrogens (tertiary/aromatic N) is 9. The first-order valence-electron chi connectivity index (χ1n) is 9.92. The number of anilines is 1. The van der Waals surface area contributed by atoms with Gasteiger partial charge in [-0.05, 0) is 6.04 Å². The van der Waals surface area contributed by atoms with Crippen LogP contribution in [0, 0.1) is 62.6 Å². The zero-order chi connectivity index (χ0) is 26.2. The van der Waals surface area contributed by atoms with E-state index >= 15 is 0 Å². The van der Waals surface area contributed by atoms with Gasteiger partial charge in [0.1, 0.15) is 6.54 Å². The van der Waals surface area contributed by atoms with Crippen molar-refractivity contribution >= 4 is 22.9 Å². The van der Waals surface area contributed by atoms with Crippen molar-refractivity contribution in [1.82, 2.24) is 38.6 Å². The second-order valence-corrected chi connectivity index (χ2v) is 7.30. The van der Waals surface area contributed by atoms with Crippen molar-refractivity contribution in [3.63, 3.8) is 0 Å². The molecule has 38 heavy (non-hydrogen) atoms. The molecule has 0 aliphatic carbocycles. The number of aryl methyl sites for hydroxylation is 1. The van der Waals surface area contributed by atoms with Gasteiger partial charge in [0.15, 0.2) is 17.0 Å². The Morgan fingerprint density at radius 1 is 1.18 bits per heavy atom. The van der Waals surface area contributed by atoms with E-state index in [1.165, 1.54) is 19.4 Å². The molecule has 1 atom stereocenters. The summed E-state index contributed by atoms with van der Waals surface area (Å²) in [6.07, 6.45) is 0.721. The molecule has 0 aliphatic heterocycles. The molecule has 0 spiro atoms. The molecular weight excluding hydrogens is 666 g/mol. The molecule has 4 aromatic rings. The van der Waals surface area contributed by atoms with Gasteiger partial charge in [-0.15, -0.1) is 0 Å².